The molecule has 142 valence electrons. The molecule has 0 aliphatic carbocycles. The molecule has 2 aromatic carbocycles. The summed E-state index contributed by atoms with van der Waals surface area (Å²) in [6.07, 6.45) is 3.65. The van der Waals surface area contributed by atoms with Crippen molar-refractivity contribution in [3.63, 3.8) is 0 Å². The van der Waals surface area contributed by atoms with Crippen molar-refractivity contribution in [2.24, 2.45) is 5.41 Å². The predicted molar refractivity (Wildman–Crippen MR) is 104 cm³/mol. The Bertz CT molecular complexity index is 819. The van der Waals surface area contributed by atoms with Crippen molar-refractivity contribution in [2.75, 3.05) is 7.11 Å². The molecule has 0 N–H and O–H groups in total. The highest BCUT2D eigenvalue weighted by Gasteiger charge is 2.27. The lowest BCUT2D eigenvalue weighted by Crippen LogP contribution is -2.28. The minimum absolute atomic E-state index is 0.305. The Hall–Kier alpha value is -3.08. The first-order chi connectivity index (χ1) is 12.8. The summed E-state index contributed by atoms with van der Waals surface area (Å²) in [6, 6.07) is 13.7. The van der Waals surface area contributed by atoms with Crippen LogP contribution in [0.2, 0.25) is 0 Å². The van der Waals surface area contributed by atoms with E-state index in [0.717, 1.165) is 11.3 Å². The highest BCUT2D eigenvalue weighted by atomic mass is 16.5. The highest BCUT2D eigenvalue weighted by Crippen LogP contribution is 2.26. The molecule has 0 radical (unpaired) electrons. The first-order valence-corrected chi connectivity index (χ1v) is 8.70. The molecule has 0 saturated carbocycles. The van der Waals surface area contributed by atoms with Crippen LogP contribution in [-0.2, 0) is 9.59 Å². The predicted octanol–water partition coefficient (Wildman–Crippen LogP) is 4.66. The van der Waals surface area contributed by atoms with Gasteiger partial charge < -0.3 is 14.2 Å². The Morgan fingerprint density at radius 1 is 0.963 bits per heavy atom. The summed E-state index contributed by atoms with van der Waals surface area (Å²) in [7, 11) is 1.59. The van der Waals surface area contributed by atoms with Crippen LogP contribution in [0.1, 0.15) is 32.8 Å². The molecule has 0 amide bonds. The van der Waals surface area contributed by atoms with E-state index < -0.39 is 11.4 Å². The molecule has 0 bridgehead atoms. The number of benzene rings is 2. The van der Waals surface area contributed by atoms with Gasteiger partial charge in [0.1, 0.15) is 17.2 Å². The lowest BCUT2D eigenvalue weighted by atomic mass is 9.91. The fourth-order valence-electron chi connectivity index (χ4n) is 2.02. The maximum Gasteiger partial charge on any atom is 0.336 e. The number of ether oxygens (including phenoxy) is 3. The molecule has 0 aliphatic heterocycles. The van der Waals surface area contributed by atoms with Gasteiger partial charge >= 0.3 is 11.9 Å². The molecule has 0 aromatic heterocycles. The molecule has 0 saturated heterocycles. The monoisotopic (exact) mass is 368 g/mol. The van der Waals surface area contributed by atoms with E-state index in [1.807, 2.05) is 32.9 Å². The first-order valence-electron chi connectivity index (χ1n) is 8.70. The zero-order chi connectivity index (χ0) is 19.9. The van der Waals surface area contributed by atoms with Crippen molar-refractivity contribution in [3.8, 4) is 17.2 Å². The van der Waals surface area contributed by atoms with Crippen LogP contribution >= 0.6 is 0 Å². The zero-order valence-corrected chi connectivity index (χ0v) is 16.0. The van der Waals surface area contributed by atoms with Gasteiger partial charge in [-0.1, -0.05) is 25.1 Å². The van der Waals surface area contributed by atoms with Gasteiger partial charge in [-0.05, 0) is 56.2 Å². The maximum absolute atomic E-state index is 12.2. The van der Waals surface area contributed by atoms with Crippen molar-refractivity contribution in [1.82, 2.24) is 0 Å². The maximum atomic E-state index is 12.2. The van der Waals surface area contributed by atoms with Gasteiger partial charge in [-0.15, -0.1) is 0 Å². The van der Waals surface area contributed by atoms with Gasteiger partial charge in [0.15, 0.2) is 0 Å². The van der Waals surface area contributed by atoms with E-state index in [9.17, 15) is 9.59 Å². The fraction of sp³-hybridized carbons (Fsp3) is 0.273. The SMILES string of the molecule is CCC(C)(C)C(=O)Oc1cccc(OC(=O)/C=C/c2ccc(OC)cc2)c1. The second-order valence-corrected chi connectivity index (χ2v) is 6.63. The summed E-state index contributed by atoms with van der Waals surface area (Å²) in [6.45, 7) is 5.57. The summed E-state index contributed by atoms with van der Waals surface area (Å²) in [5.74, 6) is 0.536. The van der Waals surface area contributed by atoms with Crippen molar-refractivity contribution in [2.45, 2.75) is 27.2 Å². The molecule has 0 aliphatic rings. The van der Waals surface area contributed by atoms with Gasteiger partial charge in [-0.2, -0.15) is 0 Å². The lowest BCUT2D eigenvalue weighted by molar-refractivity contribution is -0.144. The van der Waals surface area contributed by atoms with E-state index in [-0.39, 0.29) is 5.97 Å². The topological polar surface area (TPSA) is 61.8 Å². The zero-order valence-electron chi connectivity index (χ0n) is 16.0. The van der Waals surface area contributed by atoms with E-state index in [0.29, 0.717) is 17.9 Å². The molecule has 5 nitrogen and oxygen atoms in total. The molecule has 27 heavy (non-hydrogen) atoms. The van der Waals surface area contributed by atoms with Crippen molar-refractivity contribution < 1.29 is 23.8 Å². The van der Waals surface area contributed by atoms with Crippen LogP contribution in [-0.4, -0.2) is 19.0 Å². The van der Waals surface area contributed by atoms with Gasteiger partial charge in [0.25, 0.3) is 0 Å². The minimum Gasteiger partial charge on any atom is -0.497 e. The molecular formula is C22H24O5. The molecule has 0 heterocycles. The molecular weight excluding hydrogens is 344 g/mol. The van der Waals surface area contributed by atoms with Crippen LogP contribution in [0.15, 0.2) is 54.6 Å². The Kier molecular flexibility index (Phi) is 6.77. The summed E-state index contributed by atoms with van der Waals surface area (Å²) >= 11 is 0. The largest absolute Gasteiger partial charge is 0.497 e. The number of hydrogen-bond donors (Lipinski definition) is 0. The Balaban J connectivity index is 1.99. The van der Waals surface area contributed by atoms with Crippen LogP contribution in [0.25, 0.3) is 6.08 Å². The van der Waals surface area contributed by atoms with Crippen LogP contribution in [0.4, 0.5) is 0 Å². The van der Waals surface area contributed by atoms with E-state index in [1.165, 1.54) is 12.1 Å². The Labute approximate surface area is 159 Å². The van der Waals surface area contributed by atoms with E-state index in [1.54, 1.807) is 43.5 Å². The summed E-state index contributed by atoms with van der Waals surface area (Å²) in [4.78, 5) is 24.2. The van der Waals surface area contributed by atoms with Gasteiger partial charge in [-0.25, -0.2) is 4.79 Å². The van der Waals surface area contributed by atoms with Gasteiger partial charge in [0, 0.05) is 12.1 Å². The van der Waals surface area contributed by atoms with Crippen LogP contribution in [0.5, 0.6) is 17.2 Å². The Morgan fingerprint density at radius 3 is 2.19 bits per heavy atom. The lowest BCUT2D eigenvalue weighted by Gasteiger charge is -2.20. The number of methoxy groups -OCH3 is 1. The van der Waals surface area contributed by atoms with E-state index >= 15 is 0 Å². The fourth-order valence-corrected chi connectivity index (χ4v) is 2.02. The minimum atomic E-state index is -0.576. The van der Waals surface area contributed by atoms with Crippen molar-refractivity contribution >= 4 is 18.0 Å². The van der Waals surface area contributed by atoms with Gasteiger partial charge in [0.05, 0.1) is 12.5 Å². The highest BCUT2D eigenvalue weighted by molar-refractivity contribution is 5.88. The van der Waals surface area contributed by atoms with Crippen LogP contribution in [0.3, 0.4) is 0 Å². The molecule has 0 spiro atoms. The third-order valence-electron chi connectivity index (χ3n) is 4.20. The van der Waals surface area contributed by atoms with Crippen LogP contribution in [0, 0.1) is 5.41 Å². The third-order valence-corrected chi connectivity index (χ3v) is 4.20. The first kappa shape index (κ1) is 20.2. The smallest absolute Gasteiger partial charge is 0.336 e. The number of rotatable bonds is 7. The second kappa shape index (κ2) is 9.03. The molecule has 2 rings (SSSR count). The van der Waals surface area contributed by atoms with E-state index in [4.69, 9.17) is 14.2 Å². The molecule has 0 fully saturated rings. The molecule has 0 atom stereocenters. The van der Waals surface area contributed by atoms with Gasteiger partial charge in [-0.3, -0.25) is 4.79 Å². The Morgan fingerprint density at radius 2 is 1.59 bits per heavy atom. The van der Waals surface area contributed by atoms with Crippen molar-refractivity contribution in [1.29, 1.82) is 0 Å². The third kappa shape index (κ3) is 5.99. The average Bonchev–Trinajstić information content (AvgIpc) is 2.67. The normalized spacial score (nSPS) is 11.3. The molecule has 0 unspecified atom stereocenters. The van der Waals surface area contributed by atoms with Gasteiger partial charge in [0.2, 0.25) is 0 Å². The average molecular weight is 368 g/mol. The van der Waals surface area contributed by atoms with Crippen molar-refractivity contribution in [3.05, 3.63) is 60.2 Å². The molecule has 2 aromatic rings. The summed E-state index contributed by atoms with van der Waals surface area (Å²) < 4.78 is 15.7. The summed E-state index contributed by atoms with van der Waals surface area (Å²) in [5, 5.41) is 0. The second-order valence-electron chi connectivity index (χ2n) is 6.63. The van der Waals surface area contributed by atoms with E-state index in [2.05, 4.69) is 0 Å². The quantitative estimate of drug-likeness (QED) is 0.404. The van der Waals surface area contributed by atoms with Crippen LogP contribution < -0.4 is 14.2 Å². The number of hydrogen-bond acceptors (Lipinski definition) is 5. The standard InChI is InChI=1S/C22H24O5/c1-5-22(2,3)21(24)27-19-8-6-7-18(15-19)26-20(23)14-11-16-9-12-17(25-4)13-10-16/h6-15H,5H2,1-4H3/b14-11+. The number of carbonyl (C=O) groups excluding carboxylic acids is 2. The summed E-state index contributed by atoms with van der Waals surface area (Å²) in [5.41, 5.74) is 0.269. The molecule has 5 heteroatoms. The number of esters is 2. The number of carbonyl (C=O) groups is 2.